The first-order chi connectivity index (χ1) is 38.5. The summed E-state index contributed by atoms with van der Waals surface area (Å²) in [6.07, 6.45) is 1.12. The van der Waals surface area contributed by atoms with Crippen LogP contribution in [0.4, 0.5) is 50.4 Å². The first-order valence-corrected chi connectivity index (χ1v) is 28.9. The number of hydrogen-bond acceptors (Lipinski definition) is 22. The number of halogens is 4. The highest BCUT2D eigenvalue weighted by atomic mass is 32.2. The van der Waals surface area contributed by atoms with Crippen LogP contribution in [0, 0.1) is 30.5 Å². The Kier molecular flexibility index (Phi) is 19.7. The molecule has 0 atom stereocenters. The van der Waals surface area contributed by atoms with Crippen LogP contribution in [0.5, 0.6) is 23.5 Å². The molecule has 6 aromatic rings. The van der Waals surface area contributed by atoms with Crippen molar-refractivity contribution in [1.29, 1.82) is 0 Å². The molecule has 27 nitrogen and oxygen atoms in total. The maximum Gasteiger partial charge on any atom is 0.389 e. The quantitative estimate of drug-likeness (QED) is 0.0803. The van der Waals surface area contributed by atoms with E-state index in [1.807, 2.05) is 4.57 Å². The third-order valence-corrected chi connectivity index (χ3v) is 16.4. The predicted molar refractivity (Wildman–Crippen MR) is 284 cm³/mol. The molecule has 5 amide bonds. The molecular weight excluding hydrogens is 1170 g/mol. The fraction of sp³-hybridized carbons (Fsp3) is 0.340. The number of methoxy groups -OCH3 is 3. The van der Waals surface area contributed by atoms with E-state index in [-0.39, 0.29) is 77.0 Å². The number of sulfone groups is 1. The van der Waals surface area contributed by atoms with Gasteiger partial charge in [0.05, 0.1) is 50.3 Å². The number of benzene rings is 2. The molecule has 8 rings (SSSR count). The molecule has 4 aromatic heterocycles. The molecule has 0 fully saturated rings. The predicted octanol–water partition coefficient (Wildman–Crippen LogP) is 4.64. The molecule has 438 valence electrons. The lowest BCUT2D eigenvalue weighted by Gasteiger charge is -2.28. The number of anilines is 3. The zero-order valence-electron chi connectivity index (χ0n) is 44.2. The number of terminal acetylenes is 1. The Hall–Kier alpha value is -8.62. The molecule has 82 heavy (non-hydrogen) atoms. The highest BCUT2D eigenvalue weighted by molar-refractivity contribution is 7.93. The smallest absolute Gasteiger partial charge is 0.389 e. The molecule has 4 N–H and O–H groups in total. The number of sulfonamides is 2. The lowest BCUT2D eigenvalue weighted by atomic mass is 9.92. The van der Waals surface area contributed by atoms with Gasteiger partial charge in [-0.2, -0.15) is 50.9 Å². The van der Waals surface area contributed by atoms with Crippen LogP contribution in [0.1, 0.15) is 44.4 Å². The Labute approximate surface area is 470 Å². The topological polar surface area (TPSA) is 349 Å². The lowest BCUT2D eigenvalue weighted by Crippen LogP contribution is -2.39. The minimum atomic E-state index is -4.61. The number of hydrogen-bond donors (Lipinski definition) is 4. The van der Waals surface area contributed by atoms with Crippen molar-refractivity contribution in [1.82, 2.24) is 48.3 Å². The lowest BCUT2D eigenvalue weighted by molar-refractivity contribution is -0.134. The van der Waals surface area contributed by atoms with Crippen LogP contribution in [0.2, 0.25) is 0 Å². The summed E-state index contributed by atoms with van der Waals surface area (Å²) in [5, 5.41) is 3.41. The van der Waals surface area contributed by atoms with Gasteiger partial charge in [0.1, 0.15) is 28.0 Å². The number of urea groups is 2. The Bertz CT molecular complexity index is 3840. The molecule has 0 radical (unpaired) electrons. The molecule has 0 unspecified atom stereocenters. The van der Waals surface area contributed by atoms with Crippen molar-refractivity contribution in [3.05, 3.63) is 88.6 Å². The molecular formula is C47H50F4N14O13S4. The summed E-state index contributed by atoms with van der Waals surface area (Å²) in [6.45, 7) is 7.91. The standard InChI is InChI=1S/C18H17FN4O2S.C15H16F3N5O4S.C14H17N5O7S2/c1-4-5-22-13-7-12(11(19)6-14(13)25-9-16(22)24)20-17-23-10-18(2,3)8-15(23)21-26-17;1-9-19-12(22-14(20-9)27-2)21-13(24)23-28(25,26)11-6-4-3-5-10(11)7-8-15(16,17)18;1-4-27(21,22)9-6-5-7-15-12(9)28(23,24)19-14(20)18-13-16-10(25-2)8-11(17-13)26-3/h1,6-7H,5,8-10H2,2-3H3;3-6H,7-8H2,1-2H3,(H2,19,20,21,22,23,24);5-8H,4H2,1-3H3,(H2,16,17,18,19,20)/b20-17-;;. The molecule has 2 aromatic carbocycles. The molecule has 0 saturated heterocycles. The van der Waals surface area contributed by atoms with Crippen LogP contribution in [0.15, 0.2) is 80.6 Å². The maximum atomic E-state index is 14.5. The summed E-state index contributed by atoms with van der Waals surface area (Å²) >= 11 is 1.24. The zero-order valence-corrected chi connectivity index (χ0v) is 47.5. The first kappa shape index (κ1) is 62.6. The highest BCUT2D eigenvalue weighted by Gasteiger charge is 2.33. The molecule has 6 heterocycles. The number of aryl methyl sites for hydroxylation is 2. The summed E-state index contributed by atoms with van der Waals surface area (Å²) in [4.78, 5) is 64.3. The maximum absolute atomic E-state index is 14.5. The minimum Gasteiger partial charge on any atom is -0.481 e. The van der Waals surface area contributed by atoms with Crippen molar-refractivity contribution < 1.29 is 76.1 Å². The van der Waals surface area contributed by atoms with Gasteiger partial charge >= 0.3 is 24.2 Å². The van der Waals surface area contributed by atoms with Gasteiger partial charge in [-0.3, -0.25) is 20.3 Å². The number of amides is 5. The van der Waals surface area contributed by atoms with Crippen molar-refractivity contribution in [3.8, 4) is 35.9 Å². The molecule has 2 aliphatic rings. The van der Waals surface area contributed by atoms with E-state index in [1.54, 1.807) is 9.44 Å². The van der Waals surface area contributed by atoms with Crippen molar-refractivity contribution in [2.45, 2.75) is 74.5 Å². The van der Waals surface area contributed by atoms with Crippen LogP contribution in [0.3, 0.4) is 0 Å². The molecule has 0 saturated carbocycles. The van der Waals surface area contributed by atoms with Gasteiger partial charge in [-0.1, -0.05) is 44.9 Å². The number of fused-ring (bicyclic) bond motifs is 2. The van der Waals surface area contributed by atoms with Crippen LogP contribution >= 0.6 is 11.5 Å². The van der Waals surface area contributed by atoms with Gasteiger partial charge in [0, 0.05) is 43.2 Å². The molecule has 0 spiro atoms. The van der Waals surface area contributed by atoms with Gasteiger partial charge in [0.2, 0.25) is 28.5 Å². The number of aromatic nitrogens is 8. The Balaban J connectivity index is 0.000000198. The van der Waals surface area contributed by atoms with E-state index in [9.17, 15) is 57.2 Å². The van der Waals surface area contributed by atoms with Crippen molar-refractivity contribution in [2.75, 3.05) is 55.8 Å². The monoisotopic (exact) mass is 1220 g/mol. The second kappa shape index (κ2) is 25.9. The first-order valence-electron chi connectivity index (χ1n) is 23.5. The van der Waals surface area contributed by atoms with Crippen molar-refractivity contribution in [3.63, 3.8) is 0 Å². The van der Waals surface area contributed by atoms with Gasteiger partial charge in [-0.05, 0) is 48.6 Å². The van der Waals surface area contributed by atoms with Gasteiger partial charge in [-0.25, -0.2) is 50.2 Å². The summed E-state index contributed by atoms with van der Waals surface area (Å²) in [5.41, 5.74) is 0.607. The van der Waals surface area contributed by atoms with Crippen LogP contribution in [-0.2, 0) is 54.1 Å². The van der Waals surface area contributed by atoms with E-state index in [1.165, 1.54) is 94.1 Å². The number of nitrogens with zero attached hydrogens (tertiary/aromatic N) is 10. The molecule has 2 aliphatic heterocycles. The highest BCUT2D eigenvalue weighted by Crippen LogP contribution is 2.38. The molecule has 35 heteroatoms. The second-order valence-corrected chi connectivity index (χ2v) is 23.9. The number of carbonyl (C=O) groups is 3. The number of ether oxygens (including phenoxy) is 4. The van der Waals surface area contributed by atoms with E-state index in [0.717, 1.165) is 37.1 Å². The largest absolute Gasteiger partial charge is 0.481 e. The number of rotatable bonds is 15. The fourth-order valence-corrected chi connectivity index (χ4v) is 11.8. The summed E-state index contributed by atoms with van der Waals surface area (Å²) in [5.74, 6) is 2.35. The van der Waals surface area contributed by atoms with Crippen LogP contribution in [-0.4, -0.2) is 128 Å². The molecule has 0 bridgehead atoms. The zero-order chi connectivity index (χ0) is 60.4. The summed E-state index contributed by atoms with van der Waals surface area (Å²) < 4.78 is 156. The Morgan fingerprint density at radius 3 is 2.13 bits per heavy atom. The molecule has 0 aliphatic carbocycles. The summed E-state index contributed by atoms with van der Waals surface area (Å²) in [7, 11) is -8.99. The average molecular weight is 1220 g/mol. The Morgan fingerprint density at radius 2 is 1.51 bits per heavy atom. The van der Waals surface area contributed by atoms with Gasteiger partial charge in [-0.15, -0.1) is 6.42 Å². The van der Waals surface area contributed by atoms with Crippen LogP contribution in [0.25, 0.3) is 0 Å². The van der Waals surface area contributed by atoms with E-state index in [0.29, 0.717) is 16.2 Å². The fourth-order valence-electron chi connectivity index (χ4n) is 7.34. The van der Waals surface area contributed by atoms with Crippen molar-refractivity contribution >= 4 is 82.7 Å². The number of pyridine rings is 1. The average Bonchev–Trinajstić information content (AvgIpc) is 3.43. The van der Waals surface area contributed by atoms with E-state index in [4.69, 9.17) is 25.4 Å². The number of carbonyl (C=O) groups excluding carboxylic acids is 3. The van der Waals surface area contributed by atoms with E-state index in [2.05, 4.69) is 69.7 Å². The number of alkyl halides is 3. The minimum absolute atomic E-state index is 0.0612. The van der Waals surface area contributed by atoms with Gasteiger partial charge < -0.3 is 23.5 Å². The SMILES string of the molecule is C#CCN1C(=O)COc2cc(F)c(/N=c3\snc4n3CC(C)(C)C4)cc21.CCS(=O)(=O)c1cccnc1S(=O)(=O)NC(=O)Nc1nc(OC)cc(OC)n1.COc1nc(C)nc(NC(=O)NS(=O)(=O)c2ccccc2CCC(F)(F)F)n1. The number of nitrogens with one attached hydrogen (secondary N) is 4. The normalized spacial score (nSPS) is 13.8. The Morgan fingerprint density at radius 1 is 0.878 bits per heavy atom. The van der Waals surface area contributed by atoms with Crippen LogP contribution < -0.4 is 48.7 Å². The van der Waals surface area contributed by atoms with Gasteiger partial charge in [0.15, 0.2) is 27.3 Å². The summed E-state index contributed by atoms with van der Waals surface area (Å²) in [6, 6.07) is 9.04. The van der Waals surface area contributed by atoms with E-state index < -0.39 is 81.6 Å². The van der Waals surface area contributed by atoms with Crippen molar-refractivity contribution in [2.24, 2.45) is 10.4 Å². The third kappa shape index (κ3) is 16.3. The van der Waals surface area contributed by atoms with Gasteiger partial charge in [0.25, 0.3) is 26.0 Å². The third-order valence-electron chi connectivity index (χ3n) is 11.0. The second-order valence-electron chi connectivity index (χ2n) is 17.7. The van der Waals surface area contributed by atoms with E-state index >= 15 is 0 Å².